The van der Waals surface area contributed by atoms with Gasteiger partial charge in [-0.1, -0.05) is 13.3 Å². The summed E-state index contributed by atoms with van der Waals surface area (Å²) in [5.74, 6) is 0.907. The highest BCUT2D eigenvalue weighted by atomic mass is 16.5. The second-order valence-corrected chi connectivity index (χ2v) is 4.44. The average Bonchev–Trinajstić information content (AvgIpc) is 2.37. The molecule has 100 valence electrons. The smallest absolute Gasteiger partial charge is 0.122 e. The molecule has 4 heteroatoms. The van der Waals surface area contributed by atoms with E-state index < -0.39 is 0 Å². The van der Waals surface area contributed by atoms with Crippen LogP contribution in [0.4, 0.5) is 0 Å². The minimum Gasteiger partial charge on any atom is -0.492 e. The Balaban J connectivity index is 2.29. The Labute approximate surface area is 109 Å². The van der Waals surface area contributed by atoms with E-state index in [9.17, 15) is 0 Å². The van der Waals surface area contributed by atoms with Crippen LogP contribution in [-0.4, -0.2) is 37.5 Å². The molecule has 18 heavy (non-hydrogen) atoms. The Morgan fingerprint density at radius 1 is 1.28 bits per heavy atom. The zero-order chi connectivity index (χ0) is 13.4. The molecule has 0 spiro atoms. The van der Waals surface area contributed by atoms with Crippen LogP contribution in [-0.2, 0) is 0 Å². The lowest BCUT2D eigenvalue weighted by Crippen LogP contribution is -2.25. The number of unbranched alkanes of at least 4 members (excludes halogenated alkanes) is 1. The fourth-order valence-corrected chi connectivity index (χ4v) is 1.59. The van der Waals surface area contributed by atoms with E-state index in [2.05, 4.69) is 18.9 Å². The summed E-state index contributed by atoms with van der Waals surface area (Å²) in [4.78, 5) is 2.27. The molecule has 0 saturated heterocycles. The Kier molecular flexibility index (Phi) is 6.22. The summed E-state index contributed by atoms with van der Waals surface area (Å²) in [6.07, 6.45) is 2.45. The van der Waals surface area contributed by atoms with Gasteiger partial charge in [-0.25, -0.2) is 0 Å². The van der Waals surface area contributed by atoms with Gasteiger partial charge >= 0.3 is 0 Å². The van der Waals surface area contributed by atoms with Crippen molar-refractivity contribution in [2.45, 2.75) is 19.8 Å². The lowest BCUT2D eigenvalue weighted by molar-refractivity contribution is 0.235. The topological polar surface area (TPSA) is 62.3 Å². The molecule has 0 bridgehead atoms. The van der Waals surface area contributed by atoms with Crippen LogP contribution in [0.2, 0.25) is 0 Å². The number of amidine groups is 1. The van der Waals surface area contributed by atoms with Crippen molar-refractivity contribution in [1.29, 1.82) is 5.41 Å². The van der Waals surface area contributed by atoms with Gasteiger partial charge < -0.3 is 15.4 Å². The van der Waals surface area contributed by atoms with Crippen LogP contribution >= 0.6 is 0 Å². The maximum atomic E-state index is 7.29. The molecule has 0 saturated carbocycles. The maximum absolute atomic E-state index is 7.29. The van der Waals surface area contributed by atoms with E-state index in [0.29, 0.717) is 6.61 Å². The van der Waals surface area contributed by atoms with Gasteiger partial charge in [0, 0.05) is 12.1 Å². The zero-order valence-electron chi connectivity index (χ0n) is 11.3. The quantitative estimate of drug-likeness (QED) is 0.547. The van der Waals surface area contributed by atoms with Gasteiger partial charge in [-0.2, -0.15) is 0 Å². The normalized spacial score (nSPS) is 10.6. The van der Waals surface area contributed by atoms with E-state index >= 15 is 0 Å². The third-order valence-corrected chi connectivity index (χ3v) is 2.80. The molecule has 3 N–H and O–H groups in total. The summed E-state index contributed by atoms with van der Waals surface area (Å²) in [6, 6.07) is 7.31. The van der Waals surface area contributed by atoms with Crippen LogP contribution in [0, 0.1) is 5.41 Å². The van der Waals surface area contributed by atoms with Crippen molar-refractivity contribution in [3.8, 4) is 5.75 Å². The van der Waals surface area contributed by atoms with Crippen LogP contribution in [0.25, 0.3) is 0 Å². The van der Waals surface area contributed by atoms with Gasteiger partial charge in [0.15, 0.2) is 0 Å². The van der Waals surface area contributed by atoms with Crippen molar-refractivity contribution in [3.63, 3.8) is 0 Å². The molecule has 1 aromatic carbocycles. The van der Waals surface area contributed by atoms with E-state index in [1.165, 1.54) is 12.8 Å². The van der Waals surface area contributed by atoms with Crippen LogP contribution in [0.5, 0.6) is 5.75 Å². The number of ether oxygens (including phenoxy) is 1. The van der Waals surface area contributed by atoms with Crippen molar-refractivity contribution in [2.24, 2.45) is 5.73 Å². The summed E-state index contributed by atoms with van der Waals surface area (Å²) in [7, 11) is 2.11. The molecular formula is C14H23N3O. The van der Waals surface area contributed by atoms with E-state index in [1.807, 2.05) is 12.1 Å². The Morgan fingerprint density at radius 2 is 1.94 bits per heavy atom. The molecule has 0 atom stereocenters. The van der Waals surface area contributed by atoms with Crippen molar-refractivity contribution < 1.29 is 4.74 Å². The number of likely N-dealkylation sites (N-methyl/N-ethyl adjacent to an activating group) is 1. The maximum Gasteiger partial charge on any atom is 0.122 e. The van der Waals surface area contributed by atoms with Gasteiger partial charge in [-0.15, -0.1) is 0 Å². The second-order valence-electron chi connectivity index (χ2n) is 4.44. The highest BCUT2D eigenvalue weighted by molar-refractivity contribution is 5.94. The van der Waals surface area contributed by atoms with Gasteiger partial charge in [-0.05, 0) is 44.3 Å². The molecule has 0 fully saturated rings. The number of rotatable bonds is 8. The summed E-state index contributed by atoms with van der Waals surface area (Å²) < 4.78 is 5.64. The molecule has 0 aliphatic heterocycles. The third kappa shape index (κ3) is 5.19. The van der Waals surface area contributed by atoms with Gasteiger partial charge in [0.05, 0.1) is 0 Å². The number of nitrogens with one attached hydrogen (secondary N) is 1. The molecule has 0 aliphatic rings. The minimum absolute atomic E-state index is 0.0841. The fraction of sp³-hybridized carbons (Fsp3) is 0.500. The molecule has 0 amide bonds. The predicted octanol–water partition coefficient (Wildman–Crippen LogP) is 2.08. The van der Waals surface area contributed by atoms with Crippen LogP contribution < -0.4 is 10.5 Å². The summed E-state index contributed by atoms with van der Waals surface area (Å²) >= 11 is 0. The van der Waals surface area contributed by atoms with E-state index in [4.69, 9.17) is 15.9 Å². The van der Waals surface area contributed by atoms with Gasteiger partial charge in [0.1, 0.15) is 18.2 Å². The molecular weight excluding hydrogens is 226 g/mol. The van der Waals surface area contributed by atoms with Crippen LogP contribution in [0.15, 0.2) is 24.3 Å². The molecule has 1 aromatic rings. The lowest BCUT2D eigenvalue weighted by Gasteiger charge is -2.16. The Bertz CT molecular complexity index is 362. The lowest BCUT2D eigenvalue weighted by atomic mass is 10.2. The zero-order valence-corrected chi connectivity index (χ0v) is 11.3. The van der Waals surface area contributed by atoms with Crippen LogP contribution in [0.3, 0.4) is 0 Å². The largest absolute Gasteiger partial charge is 0.492 e. The first kappa shape index (κ1) is 14.5. The monoisotopic (exact) mass is 249 g/mol. The molecule has 4 nitrogen and oxygen atoms in total. The summed E-state index contributed by atoms with van der Waals surface area (Å²) in [5.41, 5.74) is 6.11. The first-order valence-corrected chi connectivity index (χ1v) is 6.39. The standard InChI is InChI=1S/C14H23N3O/c1-3-4-9-17(2)10-11-18-13-7-5-12(6-8-13)14(15)16/h5-8H,3-4,9-11H2,1-2H3,(H3,15,16). The molecule has 0 radical (unpaired) electrons. The number of nitrogens with zero attached hydrogens (tertiary/aromatic N) is 1. The first-order valence-electron chi connectivity index (χ1n) is 6.39. The van der Waals surface area contributed by atoms with Gasteiger partial charge in [-0.3, -0.25) is 5.41 Å². The first-order chi connectivity index (χ1) is 8.63. The predicted molar refractivity (Wildman–Crippen MR) is 75.4 cm³/mol. The number of benzene rings is 1. The number of nitrogen functional groups attached to an aromatic ring is 1. The van der Waals surface area contributed by atoms with Crippen LogP contribution in [0.1, 0.15) is 25.3 Å². The number of hydrogen-bond acceptors (Lipinski definition) is 3. The molecule has 0 aliphatic carbocycles. The highest BCUT2D eigenvalue weighted by Crippen LogP contribution is 2.11. The molecule has 0 heterocycles. The second kappa shape index (κ2) is 7.71. The van der Waals surface area contributed by atoms with Gasteiger partial charge in [0.2, 0.25) is 0 Å². The van der Waals surface area contributed by atoms with Crippen molar-refractivity contribution in [3.05, 3.63) is 29.8 Å². The van der Waals surface area contributed by atoms with E-state index in [1.54, 1.807) is 12.1 Å². The van der Waals surface area contributed by atoms with E-state index in [-0.39, 0.29) is 5.84 Å². The Morgan fingerprint density at radius 3 is 2.50 bits per heavy atom. The third-order valence-electron chi connectivity index (χ3n) is 2.80. The average molecular weight is 249 g/mol. The summed E-state index contributed by atoms with van der Waals surface area (Å²) in [5, 5.41) is 7.29. The molecule has 0 aromatic heterocycles. The van der Waals surface area contributed by atoms with Crippen molar-refractivity contribution >= 4 is 5.84 Å². The SMILES string of the molecule is CCCCN(C)CCOc1ccc(C(=N)N)cc1. The fourth-order valence-electron chi connectivity index (χ4n) is 1.59. The highest BCUT2D eigenvalue weighted by Gasteiger charge is 2.00. The number of nitrogens with two attached hydrogens (primary N) is 1. The van der Waals surface area contributed by atoms with Gasteiger partial charge in [0.25, 0.3) is 0 Å². The molecule has 1 rings (SSSR count). The summed E-state index contributed by atoms with van der Waals surface area (Å²) in [6.45, 7) is 4.91. The molecule has 0 unspecified atom stereocenters. The minimum atomic E-state index is 0.0841. The van der Waals surface area contributed by atoms with Crippen molar-refractivity contribution in [2.75, 3.05) is 26.7 Å². The van der Waals surface area contributed by atoms with E-state index in [0.717, 1.165) is 24.4 Å². The Hall–Kier alpha value is -1.55. The number of hydrogen-bond donors (Lipinski definition) is 2. The van der Waals surface area contributed by atoms with Crippen molar-refractivity contribution in [1.82, 2.24) is 4.90 Å².